The fourth-order valence-corrected chi connectivity index (χ4v) is 3.13. The highest BCUT2D eigenvalue weighted by atomic mass is 35.5. The van der Waals surface area contributed by atoms with Gasteiger partial charge < -0.3 is 4.98 Å². The Kier molecular flexibility index (Phi) is 3.68. The molecule has 3 aromatic carbocycles. The summed E-state index contributed by atoms with van der Waals surface area (Å²) in [6, 6.07) is 19.7. The van der Waals surface area contributed by atoms with E-state index in [4.69, 9.17) is 11.6 Å². The quantitative estimate of drug-likeness (QED) is 0.483. The molecule has 0 bridgehead atoms. The SMILES string of the molecule is O=c1[nH]cc(C=Cc2ccccc2)c2ccc3ccc(Cl)cc3c12. The third-order valence-corrected chi connectivity index (χ3v) is 4.37. The number of benzene rings is 3. The van der Waals surface area contributed by atoms with Crippen molar-refractivity contribution in [3.8, 4) is 0 Å². The summed E-state index contributed by atoms with van der Waals surface area (Å²) >= 11 is 6.13. The van der Waals surface area contributed by atoms with Crippen molar-refractivity contribution in [2.45, 2.75) is 0 Å². The van der Waals surface area contributed by atoms with Crippen LogP contribution < -0.4 is 5.56 Å². The van der Waals surface area contributed by atoms with Crippen molar-refractivity contribution >= 4 is 45.3 Å². The predicted octanol–water partition coefficient (Wildman–Crippen LogP) is 5.51. The van der Waals surface area contributed by atoms with E-state index in [0.717, 1.165) is 27.3 Å². The molecule has 0 aliphatic rings. The third-order valence-electron chi connectivity index (χ3n) is 4.14. The number of hydrogen-bond donors (Lipinski definition) is 1. The minimum absolute atomic E-state index is 0.102. The van der Waals surface area contributed by atoms with Crippen LogP contribution in [0.4, 0.5) is 0 Å². The molecular formula is C21H14ClNO. The molecule has 0 spiro atoms. The Balaban J connectivity index is 1.96. The molecule has 0 atom stereocenters. The van der Waals surface area contributed by atoms with E-state index in [1.807, 2.05) is 72.8 Å². The van der Waals surface area contributed by atoms with Crippen LogP contribution in [0.2, 0.25) is 5.02 Å². The van der Waals surface area contributed by atoms with E-state index in [1.165, 1.54) is 0 Å². The summed E-state index contributed by atoms with van der Waals surface area (Å²) in [4.78, 5) is 15.2. The van der Waals surface area contributed by atoms with Gasteiger partial charge in [-0.1, -0.05) is 72.3 Å². The molecule has 0 saturated carbocycles. The molecule has 0 saturated heterocycles. The monoisotopic (exact) mass is 331 g/mol. The molecular weight excluding hydrogens is 318 g/mol. The van der Waals surface area contributed by atoms with Gasteiger partial charge in [0, 0.05) is 11.2 Å². The highest BCUT2D eigenvalue weighted by Crippen LogP contribution is 2.28. The van der Waals surface area contributed by atoms with Gasteiger partial charge >= 0.3 is 0 Å². The average Bonchev–Trinajstić information content (AvgIpc) is 2.61. The van der Waals surface area contributed by atoms with Gasteiger partial charge in [-0.15, -0.1) is 0 Å². The Hall–Kier alpha value is -2.84. The van der Waals surface area contributed by atoms with Crippen molar-refractivity contribution in [2.24, 2.45) is 0 Å². The molecule has 24 heavy (non-hydrogen) atoms. The predicted molar refractivity (Wildman–Crippen MR) is 102 cm³/mol. The van der Waals surface area contributed by atoms with E-state index >= 15 is 0 Å². The summed E-state index contributed by atoms with van der Waals surface area (Å²) in [5.74, 6) is 0. The van der Waals surface area contributed by atoms with E-state index in [2.05, 4.69) is 4.98 Å². The van der Waals surface area contributed by atoms with Gasteiger partial charge in [0.05, 0.1) is 5.39 Å². The number of aromatic amines is 1. The molecule has 116 valence electrons. The molecule has 3 heteroatoms. The number of hydrogen-bond acceptors (Lipinski definition) is 1. The van der Waals surface area contributed by atoms with Crippen LogP contribution in [0, 0.1) is 0 Å². The van der Waals surface area contributed by atoms with Gasteiger partial charge in [-0.3, -0.25) is 4.79 Å². The normalized spacial score (nSPS) is 11.5. The van der Waals surface area contributed by atoms with E-state index in [1.54, 1.807) is 6.20 Å². The van der Waals surface area contributed by atoms with Gasteiger partial charge in [-0.05, 0) is 39.4 Å². The molecule has 0 amide bonds. The maximum atomic E-state index is 12.4. The van der Waals surface area contributed by atoms with Crippen LogP contribution in [0.3, 0.4) is 0 Å². The molecule has 0 fully saturated rings. The fraction of sp³-hybridized carbons (Fsp3) is 0. The van der Waals surface area contributed by atoms with Crippen molar-refractivity contribution in [1.29, 1.82) is 0 Å². The first-order valence-electron chi connectivity index (χ1n) is 7.69. The van der Waals surface area contributed by atoms with Crippen LogP contribution in [-0.4, -0.2) is 4.98 Å². The van der Waals surface area contributed by atoms with Crippen molar-refractivity contribution < 1.29 is 0 Å². The van der Waals surface area contributed by atoms with Crippen molar-refractivity contribution in [1.82, 2.24) is 4.98 Å². The van der Waals surface area contributed by atoms with E-state index in [9.17, 15) is 4.79 Å². The number of rotatable bonds is 2. The van der Waals surface area contributed by atoms with E-state index in [-0.39, 0.29) is 5.56 Å². The summed E-state index contributed by atoms with van der Waals surface area (Å²) in [5, 5.41) is 4.09. The second kappa shape index (κ2) is 5.99. The summed E-state index contributed by atoms with van der Waals surface area (Å²) in [7, 11) is 0. The lowest BCUT2D eigenvalue weighted by Gasteiger charge is -2.06. The van der Waals surface area contributed by atoms with Gasteiger partial charge in [0.1, 0.15) is 0 Å². The zero-order valence-corrected chi connectivity index (χ0v) is 13.5. The fourth-order valence-electron chi connectivity index (χ4n) is 2.96. The highest BCUT2D eigenvalue weighted by Gasteiger charge is 2.08. The van der Waals surface area contributed by atoms with Crippen LogP contribution in [0.25, 0.3) is 33.7 Å². The molecule has 1 heterocycles. The number of halogens is 1. The minimum atomic E-state index is -0.102. The number of H-pyrrole nitrogens is 1. The Labute approximate surface area is 144 Å². The molecule has 1 aromatic heterocycles. The van der Waals surface area contributed by atoms with Gasteiger partial charge in [0.2, 0.25) is 0 Å². The summed E-state index contributed by atoms with van der Waals surface area (Å²) in [5.41, 5.74) is 1.98. The topological polar surface area (TPSA) is 32.9 Å². The second-order valence-electron chi connectivity index (χ2n) is 5.67. The maximum Gasteiger partial charge on any atom is 0.256 e. The Morgan fingerprint density at radius 3 is 2.50 bits per heavy atom. The molecule has 2 nitrogen and oxygen atoms in total. The standard InChI is InChI=1S/C21H14ClNO/c22-17-10-8-15-9-11-18-16(7-6-14-4-2-1-3-5-14)13-23-21(24)20(18)19(15)12-17/h1-13H,(H,23,24). The maximum absolute atomic E-state index is 12.4. The van der Waals surface area contributed by atoms with Crippen LogP contribution in [0.15, 0.2) is 71.7 Å². The van der Waals surface area contributed by atoms with Crippen LogP contribution in [-0.2, 0) is 0 Å². The second-order valence-corrected chi connectivity index (χ2v) is 6.11. The van der Waals surface area contributed by atoms with Gasteiger partial charge in [0.25, 0.3) is 5.56 Å². The van der Waals surface area contributed by atoms with Crippen LogP contribution >= 0.6 is 11.6 Å². The zero-order valence-electron chi connectivity index (χ0n) is 12.8. The lowest BCUT2D eigenvalue weighted by molar-refractivity contribution is 1.27. The smallest absolute Gasteiger partial charge is 0.256 e. The number of aromatic nitrogens is 1. The van der Waals surface area contributed by atoms with E-state index < -0.39 is 0 Å². The molecule has 4 rings (SSSR count). The third kappa shape index (κ3) is 2.61. The van der Waals surface area contributed by atoms with Crippen molar-refractivity contribution in [3.05, 3.63) is 93.4 Å². The first-order chi connectivity index (χ1) is 11.7. The summed E-state index contributed by atoms with van der Waals surface area (Å²) in [6.07, 6.45) is 5.81. The van der Waals surface area contributed by atoms with Gasteiger partial charge in [0.15, 0.2) is 0 Å². The van der Waals surface area contributed by atoms with Gasteiger partial charge in [-0.2, -0.15) is 0 Å². The average molecular weight is 332 g/mol. The van der Waals surface area contributed by atoms with E-state index in [0.29, 0.717) is 10.4 Å². The molecule has 0 aliphatic heterocycles. The largest absolute Gasteiger partial charge is 0.328 e. The molecule has 4 aromatic rings. The zero-order chi connectivity index (χ0) is 16.5. The van der Waals surface area contributed by atoms with Crippen LogP contribution in [0.5, 0.6) is 0 Å². The number of fused-ring (bicyclic) bond motifs is 3. The van der Waals surface area contributed by atoms with Gasteiger partial charge in [-0.25, -0.2) is 0 Å². The van der Waals surface area contributed by atoms with Crippen molar-refractivity contribution in [3.63, 3.8) is 0 Å². The molecule has 0 aliphatic carbocycles. The highest BCUT2D eigenvalue weighted by molar-refractivity contribution is 6.31. The summed E-state index contributed by atoms with van der Waals surface area (Å²) < 4.78 is 0. The lowest BCUT2D eigenvalue weighted by atomic mass is 10.00. The number of pyridine rings is 1. The Morgan fingerprint density at radius 2 is 1.67 bits per heavy atom. The lowest BCUT2D eigenvalue weighted by Crippen LogP contribution is -2.06. The first kappa shape index (κ1) is 14.7. The Bertz CT molecular complexity index is 1130. The minimum Gasteiger partial charge on any atom is -0.328 e. The molecule has 1 N–H and O–H groups in total. The molecule has 0 unspecified atom stereocenters. The number of nitrogens with one attached hydrogen (secondary N) is 1. The van der Waals surface area contributed by atoms with Crippen LogP contribution in [0.1, 0.15) is 11.1 Å². The summed E-state index contributed by atoms with van der Waals surface area (Å²) in [6.45, 7) is 0. The Morgan fingerprint density at radius 1 is 0.875 bits per heavy atom. The molecule has 0 radical (unpaired) electrons. The first-order valence-corrected chi connectivity index (χ1v) is 8.07. The van der Waals surface area contributed by atoms with Crippen molar-refractivity contribution in [2.75, 3.05) is 0 Å².